The number of carbonyl (C=O) groups is 1. The molecule has 0 saturated heterocycles. The van der Waals surface area contributed by atoms with Gasteiger partial charge in [0.25, 0.3) is 0 Å². The van der Waals surface area contributed by atoms with Crippen LogP contribution >= 0.6 is 15.9 Å². The van der Waals surface area contributed by atoms with Gasteiger partial charge in [-0.1, -0.05) is 0 Å². The van der Waals surface area contributed by atoms with E-state index >= 15 is 0 Å². The number of aliphatic hydroxyl groups is 1. The summed E-state index contributed by atoms with van der Waals surface area (Å²) in [6.07, 6.45) is 2.45. The van der Waals surface area contributed by atoms with E-state index in [1.807, 2.05) is 0 Å². The van der Waals surface area contributed by atoms with Crippen molar-refractivity contribution in [3.63, 3.8) is 0 Å². The number of rotatable bonds is 5. The van der Waals surface area contributed by atoms with Gasteiger partial charge in [0.05, 0.1) is 5.69 Å². The number of hydrogen-bond acceptors (Lipinski definition) is 3. The van der Waals surface area contributed by atoms with Crippen LogP contribution in [0.1, 0.15) is 22.5 Å². The van der Waals surface area contributed by atoms with Gasteiger partial charge < -0.3 is 10.2 Å². The summed E-state index contributed by atoms with van der Waals surface area (Å²) < 4.78 is 14.9. The molecule has 0 aliphatic carbocycles. The van der Waals surface area contributed by atoms with E-state index in [1.54, 1.807) is 6.20 Å². The maximum atomic E-state index is 13.1. The molecular formula is C13H12BrFN2O3. The molecule has 1 aromatic heterocycles. The minimum absolute atomic E-state index is 0.0233. The summed E-state index contributed by atoms with van der Waals surface area (Å²) >= 11 is 3.22. The zero-order valence-corrected chi connectivity index (χ0v) is 12.0. The lowest BCUT2D eigenvalue weighted by Gasteiger charge is -2.03. The van der Waals surface area contributed by atoms with E-state index in [4.69, 9.17) is 10.2 Å². The highest BCUT2D eigenvalue weighted by atomic mass is 79.9. The third kappa shape index (κ3) is 3.05. The Morgan fingerprint density at radius 1 is 1.45 bits per heavy atom. The van der Waals surface area contributed by atoms with Crippen LogP contribution in [-0.4, -0.2) is 32.6 Å². The van der Waals surface area contributed by atoms with E-state index in [-0.39, 0.29) is 12.3 Å². The second kappa shape index (κ2) is 6.15. The van der Waals surface area contributed by atoms with Crippen molar-refractivity contribution in [2.75, 3.05) is 6.61 Å². The lowest BCUT2D eigenvalue weighted by molar-refractivity contribution is 0.0688. The van der Waals surface area contributed by atoms with Crippen LogP contribution in [0.25, 0.3) is 5.69 Å². The quantitative estimate of drug-likeness (QED) is 0.874. The number of nitrogens with zero attached hydrogens (tertiary/aromatic N) is 2. The average Bonchev–Trinajstić information content (AvgIpc) is 2.80. The Kier molecular flexibility index (Phi) is 4.51. The van der Waals surface area contributed by atoms with Crippen molar-refractivity contribution in [3.05, 3.63) is 45.9 Å². The SMILES string of the molecule is O=C(O)c1nn(-c2ccc(F)cc2Br)cc1CCCO. The molecule has 5 nitrogen and oxygen atoms in total. The fraction of sp³-hybridized carbons (Fsp3) is 0.231. The average molecular weight is 343 g/mol. The molecule has 2 N–H and O–H groups in total. The Balaban J connectivity index is 2.44. The molecule has 0 amide bonds. The van der Waals surface area contributed by atoms with Crippen LogP contribution in [0.2, 0.25) is 0 Å². The number of aromatic nitrogens is 2. The maximum absolute atomic E-state index is 13.1. The van der Waals surface area contributed by atoms with Crippen molar-refractivity contribution in [1.82, 2.24) is 9.78 Å². The first-order chi connectivity index (χ1) is 9.52. The van der Waals surface area contributed by atoms with Gasteiger partial charge in [0.15, 0.2) is 5.69 Å². The number of benzene rings is 1. The maximum Gasteiger partial charge on any atom is 0.356 e. The van der Waals surface area contributed by atoms with Gasteiger partial charge in [-0.05, 0) is 47.0 Å². The Bertz CT molecular complexity index is 643. The van der Waals surface area contributed by atoms with Gasteiger partial charge in [0, 0.05) is 22.8 Å². The van der Waals surface area contributed by atoms with Crippen LogP contribution in [0.4, 0.5) is 4.39 Å². The largest absolute Gasteiger partial charge is 0.476 e. The van der Waals surface area contributed by atoms with Crippen LogP contribution < -0.4 is 0 Å². The molecule has 0 unspecified atom stereocenters. The molecule has 7 heteroatoms. The molecule has 0 spiro atoms. The standard InChI is InChI=1S/C13H12BrFN2O3/c14-10-6-9(15)3-4-11(10)17-7-8(2-1-5-18)12(16-17)13(19)20/h3-4,6-7,18H,1-2,5H2,(H,19,20). The predicted molar refractivity (Wildman–Crippen MR) is 73.6 cm³/mol. The molecular weight excluding hydrogens is 331 g/mol. The van der Waals surface area contributed by atoms with Crippen molar-refractivity contribution in [3.8, 4) is 5.69 Å². The van der Waals surface area contributed by atoms with Crippen molar-refractivity contribution >= 4 is 21.9 Å². The minimum atomic E-state index is -1.13. The molecule has 0 fully saturated rings. The number of halogens is 2. The van der Waals surface area contributed by atoms with Crippen molar-refractivity contribution < 1.29 is 19.4 Å². The van der Waals surface area contributed by atoms with E-state index in [0.717, 1.165) is 0 Å². The first-order valence-electron chi connectivity index (χ1n) is 5.91. The van der Waals surface area contributed by atoms with Crippen LogP contribution in [-0.2, 0) is 6.42 Å². The van der Waals surface area contributed by atoms with Crippen LogP contribution in [0.5, 0.6) is 0 Å². The summed E-state index contributed by atoms with van der Waals surface area (Å²) in [5.41, 5.74) is 1.02. The number of aromatic carboxylic acids is 1. The van der Waals surface area contributed by atoms with Gasteiger partial charge in [0.2, 0.25) is 0 Å². The topological polar surface area (TPSA) is 75.3 Å². The molecule has 0 aliphatic rings. The lowest BCUT2D eigenvalue weighted by Crippen LogP contribution is -2.03. The zero-order valence-electron chi connectivity index (χ0n) is 10.4. The second-order valence-corrected chi connectivity index (χ2v) is 5.03. The number of aryl methyl sites for hydroxylation is 1. The third-order valence-electron chi connectivity index (χ3n) is 2.75. The van der Waals surface area contributed by atoms with E-state index in [2.05, 4.69) is 21.0 Å². The first kappa shape index (κ1) is 14.7. The highest BCUT2D eigenvalue weighted by molar-refractivity contribution is 9.10. The van der Waals surface area contributed by atoms with Gasteiger partial charge in [-0.2, -0.15) is 5.10 Å². The van der Waals surface area contributed by atoms with Crippen molar-refractivity contribution in [2.24, 2.45) is 0 Å². The van der Waals surface area contributed by atoms with Gasteiger partial charge in [-0.15, -0.1) is 0 Å². The third-order valence-corrected chi connectivity index (χ3v) is 3.39. The number of carboxylic acid groups (broad SMARTS) is 1. The van der Waals surface area contributed by atoms with Crippen LogP contribution in [0.15, 0.2) is 28.9 Å². The molecule has 0 atom stereocenters. The Labute approximate surface area is 122 Å². The molecule has 2 aromatic rings. The lowest BCUT2D eigenvalue weighted by atomic mass is 10.1. The molecule has 0 bridgehead atoms. The van der Waals surface area contributed by atoms with Crippen molar-refractivity contribution in [1.29, 1.82) is 0 Å². The fourth-order valence-corrected chi connectivity index (χ4v) is 2.37. The van der Waals surface area contributed by atoms with E-state index in [0.29, 0.717) is 28.6 Å². The summed E-state index contributed by atoms with van der Waals surface area (Å²) in [6, 6.07) is 4.06. The highest BCUT2D eigenvalue weighted by Gasteiger charge is 2.17. The summed E-state index contributed by atoms with van der Waals surface area (Å²) in [5.74, 6) is -1.53. The predicted octanol–water partition coefficient (Wildman–Crippen LogP) is 2.40. The van der Waals surface area contributed by atoms with Gasteiger partial charge >= 0.3 is 5.97 Å². The number of carboxylic acids is 1. The summed E-state index contributed by atoms with van der Waals surface area (Å²) in [6.45, 7) is -0.0233. The van der Waals surface area contributed by atoms with Crippen LogP contribution in [0, 0.1) is 5.82 Å². The second-order valence-electron chi connectivity index (χ2n) is 4.18. The molecule has 106 valence electrons. The summed E-state index contributed by atoms with van der Waals surface area (Å²) in [7, 11) is 0. The fourth-order valence-electron chi connectivity index (χ4n) is 1.83. The smallest absolute Gasteiger partial charge is 0.356 e. The van der Waals surface area contributed by atoms with E-state index in [1.165, 1.54) is 22.9 Å². The molecule has 1 aromatic carbocycles. The van der Waals surface area contributed by atoms with E-state index in [9.17, 15) is 9.18 Å². The van der Waals surface area contributed by atoms with Gasteiger partial charge in [-0.3, -0.25) is 0 Å². The zero-order chi connectivity index (χ0) is 14.7. The Morgan fingerprint density at radius 3 is 2.80 bits per heavy atom. The Morgan fingerprint density at radius 2 is 2.20 bits per heavy atom. The molecule has 1 heterocycles. The number of hydrogen-bond donors (Lipinski definition) is 2. The molecule has 2 rings (SSSR count). The molecule has 0 saturated carbocycles. The van der Waals surface area contributed by atoms with Crippen molar-refractivity contribution in [2.45, 2.75) is 12.8 Å². The molecule has 20 heavy (non-hydrogen) atoms. The van der Waals surface area contributed by atoms with Gasteiger partial charge in [-0.25, -0.2) is 13.9 Å². The monoisotopic (exact) mass is 342 g/mol. The van der Waals surface area contributed by atoms with Gasteiger partial charge in [0.1, 0.15) is 5.82 Å². The summed E-state index contributed by atoms with van der Waals surface area (Å²) in [4.78, 5) is 11.2. The summed E-state index contributed by atoms with van der Waals surface area (Å²) in [5, 5.41) is 22.0. The molecule has 0 radical (unpaired) electrons. The number of aliphatic hydroxyl groups excluding tert-OH is 1. The van der Waals surface area contributed by atoms with Crippen LogP contribution in [0.3, 0.4) is 0 Å². The normalized spacial score (nSPS) is 10.8. The highest BCUT2D eigenvalue weighted by Crippen LogP contribution is 2.23. The van der Waals surface area contributed by atoms with E-state index < -0.39 is 11.8 Å². The molecule has 0 aliphatic heterocycles. The minimum Gasteiger partial charge on any atom is -0.476 e. The first-order valence-corrected chi connectivity index (χ1v) is 6.70. The Hall–Kier alpha value is -1.73.